The zero-order chi connectivity index (χ0) is 11.3. The smallest absolute Gasteiger partial charge is 0.0439 e. The summed E-state index contributed by atoms with van der Waals surface area (Å²) in [6.45, 7) is 4.03. The van der Waals surface area contributed by atoms with E-state index in [1.807, 2.05) is 14.0 Å². The van der Waals surface area contributed by atoms with Gasteiger partial charge in [-0.3, -0.25) is 0 Å². The van der Waals surface area contributed by atoms with E-state index in [4.69, 9.17) is 0 Å². The minimum atomic E-state index is 0.337. The summed E-state index contributed by atoms with van der Waals surface area (Å²) < 4.78 is 1.34. The van der Waals surface area contributed by atoms with Crippen LogP contribution in [0.25, 0.3) is 0 Å². The van der Waals surface area contributed by atoms with Gasteiger partial charge in [0.05, 0.1) is 0 Å². The van der Waals surface area contributed by atoms with Gasteiger partial charge in [-0.2, -0.15) is 0 Å². The Labute approximate surface area is 106 Å². The van der Waals surface area contributed by atoms with Gasteiger partial charge in [0, 0.05) is 16.0 Å². The number of halogens is 1. The third-order valence-electron chi connectivity index (χ3n) is 2.43. The van der Waals surface area contributed by atoms with Crippen molar-refractivity contribution in [2.45, 2.75) is 26.3 Å². The molecular weight excluding hydrogens is 297 g/mol. The fourth-order valence-corrected chi connectivity index (χ4v) is 2.25. The van der Waals surface area contributed by atoms with Crippen LogP contribution in [0.15, 0.2) is 18.2 Å². The van der Waals surface area contributed by atoms with Crippen molar-refractivity contribution in [2.75, 3.05) is 7.05 Å². The largest absolute Gasteiger partial charge is 0.312 e. The Balaban J connectivity index is 2.99. The molecule has 0 amide bonds. The molecule has 1 atom stereocenters. The predicted molar refractivity (Wildman–Crippen MR) is 73.8 cm³/mol. The maximum atomic E-state index is 3.31. The van der Waals surface area contributed by atoms with Crippen LogP contribution >= 0.6 is 22.6 Å². The maximum absolute atomic E-state index is 3.31. The lowest BCUT2D eigenvalue weighted by atomic mass is 10.0. The van der Waals surface area contributed by atoms with Gasteiger partial charge in [-0.1, -0.05) is 18.2 Å². The summed E-state index contributed by atoms with van der Waals surface area (Å²) >= 11 is 2.41. The molecule has 1 aromatic carbocycles. The number of nitrogens with one attached hydrogen (secondary N) is 1. The second kappa shape index (κ2) is 6.14. The van der Waals surface area contributed by atoms with Crippen molar-refractivity contribution in [1.29, 1.82) is 0 Å². The second-order valence-corrected chi connectivity index (χ2v) is 4.53. The molecule has 0 aromatic heterocycles. The van der Waals surface area contributed by atoms with Crippen LogP contribution in [0.2, 0.25) is 0 Å². The second-order valence-electron chi connectivity index (χ2n) is 3.45. The highest BCUT2D eigenvalue weighted by Crippen LogP contribution is 2.24. The summed E-state index contributed by atoms with van der Waals surface area (Å²) in [4.78, 5) is 0. The zero-order valence-corrected chi connectivity index (χ0v) is 11.6. The molecule has 0 aliphatic carbocycles. The monoisotopic (exact) mass is 313 g/mol. The molecule has 0 aliphatic heterocycles. The molecule has 0 fully saturated rings. The predicted octanol–water partition coefficient (Wildman–Crippen LogP) is 3.27. The Morgan fingerprint density at radius 3 is 2.80 bits per heavy atom. The SMILES string of the molecule is CC#CCC(NC)c1cccc(C)c1I. The van der Waals surface area contributed by atoms with Gasteiger partial charge in [0.15, 0.2) is 0 Å². The number of benzene rings is 1. The third kappa shape index (κ3) is 3.22. The average molecular weight is 313 g/mol. The number of hydrogen-bond donors (Lipinski definition) is 1. The Morgan fingerprint density at radius 2 is 2.20 bits per heavy atom. The fourth-order valence-electron chi connectivity index (χ4n) is 1.51. The summed E-state index contributed by atoms with van der Waals surface area (Å²) in [6.07, 6.45) is 0.868. The van der Waals surface area contributed by atoms with Crippen LogP contribution < -0.4 is 5.32 Å². The van der Waals surface area contributed by atoms with Crippen LogP contribution in [-0.4, -0.2) is 7.05 Å². The number of rotatable bonds is 3. The molecule has 1 nitrogen and oxygen atoms in total. The van der Waals surface area contributed by atoms with E-state index >= 15 is 0 Å². The molecule has 0 bridgehead atoms. The lowest BCUT2D eigenvalue weighted by Crippen LogP contribution is -2.17. The van der Waals surface area contributed by atoms with E-state index in [1.165, 1.54) is 14.7 Å². The molecule has 0 aliphatic rings. The lowest BCUT2D eigenvalue weighted by molar-refractivity contribution is 0.608. The minimum Gasteiger partial charge on any atom is -0.312 e. The summed E-state index contributed by atoms with van der Waals surface area (Å²) in [5.41, 5.74) is 2.68. The molecule has 0 saturated heterocycles. The van der Waals surface area contributed by atoms with Gasteiger partial charge in [-0.25, -0.2) is 0 Å². The van der Waals surface area contributed by atoms with Gasteiger partial charge in [0.2, 0.25) is 0 Å². The zero-order valence-electron chi connectivity index (χ0n) is 9.39. The van der Waals surface area contributed by atoms with Crippen molar-refractivity contribution in [2.24, 2.45) is 0 Å². The van der Waals surface area contributed by atoms with Crippen molar-refractivity contribution < 1.29 is 0 Å². The number of hydrogen-bond acceptors (Lipinski definition) is 1. The Morgan fingerprint density at radius 1 is 1.47 bits per heavy atom. The van der Waals surface area contributed by atoms with Gasteiger partial charge in [-0.15, -0.1) is 11.8 Å². The number of aryl methyl sites for hydroxylation is 1. The highest BCUT2D eigenvalue weighted by atomic mass is 127. The van der Waals surface area contributed by atoms with Crippen LogP contribution in [0.3, 0.4) is 0 Å². The lowest BCUT2D eigenvalue weighted by Gasteiger charge is -2.16. The molecule has 1 N–H and O–H groups in total. The van der Waals surface area contributed by atoms with E-state index in [2.05, 4.69) is 64.9 Å². The van der Waals surface area contributed by atoms with E-state index in [1.54, 1.807) is 0 Å². The third-order valence-corrected chi connectivity index (χ3v) is 3.90. The molecule has 1 rings (SSSR count). The van der Waals surface area contributed by atoms with E-state index in [0.29, 0.717) is 6.04 Å². The van der Waals surface area contributed by atoms with Crippen molar-refractivity contribution in [3.05, 3.63) is 32.9 Å². The van der Waals surface area contributed by atoms with Crippen LogP contribution in [0.1, 0.15) is 30.5 Å². The summed E-state index contributed by atoms with van der Waals surface area (Å²) in [5, 5.41) is 3.31. The molecule has 1 aromatic rings. The fraction of sp³-hybridized carbons (Fsp3) is 0.385. The highest BCUT2D eigenvalue weighted by Gasteiger charge is 2.11. The maximum Gasteiger partial charge on any atom is 0.0439 e. The standard InChI is InChI=1S/C13H16IN/c1-4-5-9-12(15-3)11-8-6-7-10(2)13(11)14/h6-8,12,15H,9H2,1-3H3. The van der Waals surface area contributed by atoms with E-state index in [9.17, 15) is 0 Å². The van der Waals surface area contributed by atoms with Gasteiger partial charge < -0.3 is 5.32 Å². The van der Waals surface area contributed by atoms with E-state index < -0.39 is 0 Å². The van der Waals surface area contributed by atoms with Crippen LogP contribution in [0, 0.1) is 22.3 Å². The van der Waals surface area contributed by atoms with Crippen molar-refractivity contribution in [3.63, 3.8) is 0 Å². The van der Waals surface area contributed by atoms with Gasteiger partial charge >= 0.3 is 0 Å². The average Bonchev–Trinajstić information content (AvgIpc) is 2.25. The Bertz CT molecular complexity index is 387. The van der Waals surface area contributed by atoms with E-state index in [-0.39, 0.29) is 0 Å². The van der Waals surface area contributed by atoms with Crippen LogP contribution in [-0.2, 0) is 0 Å². The first-order valence-electron chi connectivity index (χ1n) is 5.02. The molecule has 0 saturated carbocycles. The van der Waals surface area contributed by atoms with E-state index in [0.717, 1.165) is 6.42 Å². The first kappa shape index (κ1) is 12.5. The molecule has 2 heteroatoms. The van der Waals surface area contributed by atoms with Gasteiger partial charge in [-0.05, 0) is 54.6 Å². The van der Waals surface area contributed by atoms with Gasteiger partial charge in [0.25, 0.3) is 0 Å². The normalized spacial score (nSPS) is 11.7. The first-order chi connectivity index (χ1) is 7.20. The Kier molecular flexibility index (Phi) is 5.13. The molecule has 0 spiro atoms. The van der Waals surface area contributed by atoms with Crippen LogP contribution in [0.5, 0.6) is 0 Å². The summed E-state index contributed by atoms with van der Waals surface area (Å²) in [5.74, 6) is 6.07. The molecule has 15 heavy (non-hydrogen) atoms. The molecular formula is C13H16IN. The molecule has 1 unspecified atom stereocenters. The van der Waals surface area contributed by atoms with Crippen molar-refractivity contribution >= 4 is 22.6 Å². The quantitative estimate of drug-likeness (QED) is 0.667. The van der Waals surface area contributed by atoms with Crippen molar-refractivity contribution in [3.8, 4) is 11.8 Å². The minimum absolute atomic E-state index is 0.337. The molecule has 0 heterocycles. The van der Waals surface area contributed by atoms with Crippen LogP contribution in [0.4, 0.5) is 0 Å². The molecule has 0 radical (unpaired) electrons. The first-order valence-corrected chi connectivity index (χ1v) is 6.10. The Hall–Kier alpha value is -0.530. The molecule has 80 valence electrons. The summed E-state index contributed by atoms with van der Waals surface area (Å²) in [6, 6.07) is 6.76. The van der Waals surface area contributed by atoms with Gasteiger partial charge in [0.1, 0.15) is 0 Å². The topological polar surface area (TPSA) is 12.0 Å². The summed E-state index contributed by atoms with van der Waals surface area (Å²) in [7, 11) is 1.99. The highest BCUT2D eigenvalue weighted by molar-refractivity contribution is 14.1. The van der Waals surface area contributed by atoms with Crippen molar-refractivity contribution in [1.82, 2.24) is 5.32 Å².